The van der Waals surface area contributed by atoms with E-state index >= 15 is 0 Å². The van der Waals surface area contributed by atoms with Crippen molar-refractivity contribution < 1.29 is 24.2 Å². The molecule has 1 aromatic rings. The molecule has 0 saturated carbocycles. The predicted octanol–water partition coefficient (Wildman–Crippen LogP) is 2.14. The number of hydrogen-bond donors (Lipinski definition) is 1. The van der Waals surface area contributed by atoms with E-state index in [4.69, 9.17) is 19.1 Å². The lowest BCUT2D eigenvalue weighted by molar-refractivity contribution is -0.205. The fraction of sp³-hybridized carbons (Fsp3) is 0.500. The standard InChI is InChI=1S/C12H16O5P2/c13-12-10(18-8-2-6-14-16-18)4-1-5-11(12)19-9-3-7-15-17-19/h1,4-5,13H,2-3,6-9H2. The van der Waals surface area contributed by atoms with Crippen LogP contribution in [-0.4, -0.2) is 30.6 Å². The summed E-state index contributed by atoms with van der Waals surface area (Å²) >= 11 is 0. The molecule has 0 radical (unpaired) electrons. The Bertz CT molecular complexity index is 394. The molecule has 1 N–H and O–H groups in total. The predicted molar refractivity (Wildman–Crippen MR) is 74.3 cm³/mol. The lowest BCUT2D eigenvalue weighted by Gasteiger charge is -2.25. The molecule has 2 aliphatic heterocycles. The molecule has 2 atom stereocenters. The molecule has 2 aliphatic rings. The van der Waals surface area contributed by atoms with Crippen molar-refractivity contribution >= 4 is 26.9 Å². The van der Waals surface area contributed by atoms with Crippen molar-refractivity contribution in [1.29, 1.82) is 0 Å². The van der Waals surface area contributed by atoms with E-state index in [1.54, 1.807) is 0 Å². The van der Waals surface area contributed by atoms with E-state index < -0.39 is 16.3 Å². The van der Waals surface area contributed by atoms with Gasteiger partial charge in [0.05, 0.1) is 13.2 Å². The molecule has 19 heavy (non-hydrogen) atoms. The molecule has 5 nitrogen and oxygen atoms in total. The second-order valence-electron chi connectivity index (χ2n) is 4.35. The zero-order valence-electron chi connectivity index (χ0n) is 10.4. The van der Waals surface area contributed by atoms with E-state index in [0.29, 0.717) is 13.2 Å². The van der Waals surface area contributed by atoms with Gasteiger partial charge in [-0.05, 0) is 25.0 Å². The zero-order chi connectivity index (χ0) is 13.1. The molecular formula is C12H16O5P2. The van der Waals surface area contributed by atoms with E-state index in [9.17, 15) is 5.11 Å². The molecule has 0 bridgehead atoms. The number of rotatable bonds is 2. The summed E-state index contributed by atoms with van der Waals surface area (Å²) in [5, 5.41) is 12.1. The van der Waals surface area contributed by atoms with Gasteiger partial charge in [-0.25, -0.2) is 19.1 Å². The Balaban J connectivity index is 1.84. The molecule has 2 saturated heterocycles. The van der Waals surface area contributed by atoms with E-state index in [1.165, 1.54) is 0 Å². The number of phenols is 1. The van der Waals surface area contributed by atoms with Crippen LogP contribution in [-0.2, 0) is 19.1 Å². The van der Waals surface area contributed by atoms with Gasteiger partial charge in [-0.1, -0.05) is 6.07 Å². The summed E-state index contributed by atoms with van der Waals surface area (Å²) in [6.45, 7) is 1.26. The van der Waals surface area contributed by atoms with Crippen LogP contribution in [0.3, 0.4) is 0 Å². The van der Waals surface area contributed by atoms with Gasteiger partial charge in [-0.3, -0.25) is 0 Å². The van der Waals surface area contributed by atoms with Gasteiger partial charge < -0.3 is 5.11 Å². The number of aromatic hydroxyl groups is 1. The summed E-state index contributed by atoms with van der Waals surface area (Å²) in [6, 6.07) is 5.74. The van der Waals surface area contributed by atoms with Gasteiger partial charge in [0.1, 0.15) is 22.0 Å². The molecule has 0 amide bonds. The maximum Gasteiger partial charge on any atom is 0.135 e. The highest BCUT2D eigenvalue weighted by Gasteiger charge is 2.27. The van der Waals surface area contributed by atoms with Crippen LogP contribution in [0.25, 0.3) is 0 Å². The smallest absolute Gasteiger partial charge is 0.135 e. The third-order valence-electron chi connectivity index (χ3n) is 2.99. The first kappa shape index (κ1) is 13.7. The van der Waals surface area contributed by atoms with Gasteiger partial charge in [0.2, 0.25) is 0 Å². The average Bonchev–Trinajstić information content (AvgIpc) is 2.49. The minimum Gasteiger partial charge on any atom is -0.506 e. The molecule has 0 aliphatic carbocycles. The van der Waals surface area contributed by atoms with Crippen molar-refractivity contribution in [1.82, 2.24) is 0 Å². The summed E-state index contributed by atoms with van der Waals surface area (Å²) in [7, 11) is -1.77. The molecular weight excluding hydrogens is 286 g/mol. The van der Waals surface area contributed by atoms with Crippen LogP contribution in [0.2, 0.25) is 0 Å². The second kappa shape index (κ2) is 6.45. The Hall–Kier alpha value is -0.280. The van der Waals surface area contributed by atoms with E-state index in [-0.39, 0.29) is 5.75 Å². The van der Waals surface area contributed by atoms with E-state index in [1.807, 2.05) is 18.2 Å². The summed E-state index contributed by atoms with van der Waals surface area (Å²) in [5.74, 6) is 0.288. The molecule has 2 heterocycles. The lowest BCUT2D eigenvalue weighted by Crippen LogP contribution is -2.20. The van der Waals surface area contributed by atoms with Crippen molar-refractivity contribution in [3.63, 3.8) is 0 Å². The summed E-state index contributed by atoms with van der Waals surface area (Å²) in [6.07, 6.45) is 3.76. The molecule has 7 heteroatoms. The van der Waals surface area contributed by atoms with Crippen molar-refractivity contribution in [2.75, 3.05) is 25.5 Å². The normalized spacial score (nSPS) is 28.2. The largest absolute Gasteiger partial charge is 0.506 e. The van der Waals surface area contributed by atoms with Crippen molar-refractivity contribution in [3.8, 4) is 5.75 Å². The quantitative estimate of drug-likeness (QED) is 0.670. The van der Waals surface area contributed by atoms with Gasteiger partial charge in [0, 0.05) is 22.9 Å². The van der Waals surface area contributed by atoms with Gasteiger partial charge in [0.15, 0.2) is 0 Å². The average molecular weight is 302 g/mol. The van der Waals surface area contributed by atoms with Gasteiger partial charge in [0.25, 0.3) is 0 Å². The minimum atomic E-state index is -0.883. The van der Waals surface area contributed by atoms with Gasteiger partial charge >= 0.3 is 0 Å². The number of para-hydroxylation sites is 1. The highest BCUT2D eigenvalue weighted by atomic mass is 31.1. The van der Waals surface area contributed by atoms with Crippen LogP contribution in [0.4, 0.5) is 0 Å². The Morgan fingerprint density at radius 3 is 1.84 bits per heavy atom. The highest BCUT2D eigenvalue weighted by molar-refractivity contribution is 7.62. The minimum absolute atomic E-state index is 0.288. The van der Waals surface area contributed by atoms with Crippen molar-refractivity contribution in [2.24, 2.45) is 0 Å². The van der Waals surface area contributed by atoms with Crippen LogP contribution < -0.4 is 10.6 Å². The number of hydrogen-bond acceptors (Lipinski definition) is 5. The Morgan fingerprint density at radius 1 is 0.895 bits per heavy atom. The van der Waals surface area contributed by atoms with Crippen LogP contribution in [0.5, 0.6) is 5.75 Å². The monoisotopic (exact) mass is 302 g/mol. The van der Waals surface area contributed by atoms with Crippen LogP contribution >= 0.6 is 16.3 Å². The Labute approximate surface area is 114 Å². The lowest BCUT2D eigenvalue weighted by atomic mass is 10.3. The first-order valence-electron chi connectivity index (χ1n) is 6.32. The van der Waals surface area contributed by atoms with Crippen LogP contribution in [0.15, 0.2) is 18.2 Å². The van der Waals surface area contributed by atoms with Crippen LogP contribution in [0, 0.1) is 0 Å². The maximum atomic E-state index is 10.5. The second-order valence-corrected chi connectivity index (χ2v) is 8.02. The van der Waals surface area contributed by atoms with E-state index in [2.05, 4.69) is 0 Å². The topological polar surface area (TPSA) is 57.2 Å². The summed E-state index contributed by atoms with van der Waals surface area (Å²) in [4.78, 5) is 10.1. The molecule has 2 unspecified atom stereocenters. The van der Waals surface area contributed by atoms with Crippen molar-refractivity contribution in [2.45, 2.75) is 12.8 Å². The third-order valence-corrected chi connectivity index (χ3v) is 6.81. The molecule has 0 aromatic heterocycles. The Morgan fingerprint density at radius 2 is 1.42 bits per heavy atom. The fourth-order valence-electron chi connectivity index (χ4n) is 2.05. The zero-order valence-corrected chi connectivity index (χ0v) is 12.2. The number of phenolic OH excluding ortho intramolecular Hbond substituents is 1. The molecule has 0 spiro atoms. The highest BCUT2D eigenvalue weighted by Crippen LogP contribution is 2.46. The Kier molecular flexibility index (Phi) is 4.65. The molecule has 2 fully saturated rings. The van der Waals surface area contributed by atoms with E-state index in [0.717, 1.165) is 35.8 Å². The SMILES string of the molecule is Oc1c(P2CCCOO2)cccc1P1CCCOO1. The molecule has 1 aromatic carbocycles. The summed E-state index contributed by atoms with van der Waals surface area (Å²) < 4.78 is 10.7. The third kappa shape index (κ3) is 3.08. The first-order chi connectivity index (χ1) is 9.36. The van der Waals surface area contributed by atoms with Crippen LogP contribution in [0.1, 0.15) is 12.8 Å². The summed E-state index contributed by atoms with van der Waals surface area (Å²) in [5.41, 5.74) is 0. The van der Waals surface area contributed by atoms with Gasteiger partial charge in [-0.2, -0.15) is 0 Å². The maximum absolute atomic E-state index is 10.5. The molecule has 3 rings (SSSR count). The fourth-order valence-corrected chi connectivity index (χ4v) is 5.39. The number of benzene rings is 1. The molecule has 104 valence electrons. The first-order valence-corrected chi connectivity index (χ1v) is 9.21. The van der Waals surface area contributed by atoms with Gasteiger partial charge in [-0.15, -0.1) is 0 Å². The van der Waals surface area contributed by atoms with Crippen molar-refractivity contribution in [3.05, 3.63) is 18.2 Å².